The van der Waals surface area contributed by atoms with Crippen LogP contribution in [0.15, 0.2) is 46.9 Å². The fraction of sp³-hybridized carbons (Fsp3) is 0.294. The lowest BCUT2D eigenvalue weighted by Gasteiger charge is -2.17. The first-order valence-electron chi connectivity index (χ1n) is 7.04. The Bertz CT molecular complexity index is 586. The molecule has 0 fully saturated rings. The molecule has 0 aromatic heterocycles. The van der Waals surface area contributed by atoms with Crippen LogP contribution in [0.3, 0.4) is 0 Å². The highest BCUT2D eigenvalue weighted by Gasteiger charge is 2.09. The molecule has 0 spiro atoms. The van der Waals surface area contributed by atoms with E-state index in [9.17, 15) is 4.39 Å². The van der Waals surface area contributed by atoms with Crippen molar-refractivity contribution in [3.63, 3.8) is 0 Å². The van der Waals surface area contributed by atoms with E-state index in [0.29, 0.717) is 5.69 Å². The third-order valence-corrected chi connectivity index (χ3v) is 3.65. The monoisotopic (exact) mass is 351 g/mol. The molecule has 0 bridgehead atoms. The van der Waals surface area contributed by atoms with Crippen molar-refractivity contribution in [2.24, 2.45) is 0 Å². The van der Waals surface area contributed by atoms with E-state index in [1.54, 1.807) is 12.1 Å². The van der Waals surface area contributed by atoms with Crippen LogP contribution in [0.25, 0.3) is 0 Å². The Morgan fingerprint density at radius 3 is 2.57 bits per heavy atom. The van der Waals surface area contributed by atoms with Crippen LogP contribution in [0, 0.1) is 5.82 Å². The van der Waals surface area contributed by atoms with Crippen molar-refractivity contribution >= 4 is 21.6 Å². The second-order valence-corrected chi connectivity index (χ2v) is 5.82. The van der Waals surface area contributed by atoms with Gasteiger partial charge in [-0.1, -0.05) is 35.0 Å². The number of halogens is 2. The molecule has 0 aliphatic carbocycles. The summed E-state index contributed by atoms with van der Waals surface area (Å²) in [6.07, 6.45) is 0.988. The van der Waals surface area contributed by atoms with E-state index in [1.807, 2.05) is 31.2 Å². The average Bonchev–Trinajstić information content (AvgIpc) is 2.49. The van der Waals surface area contributed by atoms with E-state index in [4.69, 9.17) is 4.74 Å². The minimum atomic E-state index is -0.257. The molecule has 1 unspecified atom stereocenters. The number of hydrogen-bond acceptors (Lipinski definition) is 2. The Morgan fingerprint density at radius 2 is 1.90 bits per heavy atom. The second kappa shape index (κ2) is 7.46. The summed E-state index contributed by atoms with van der Waals surface area (Å²) in [5, 5.41) is 3.18. The van der Waals surface area contributed by atoms with Gasteiger partial charge in [0.25, 0.3) is 0 Å². The fourth-order valence-electron chi connectivity index (χ4n) is 2.00. The van der Waals surface area contributed by atoms with Gasteiger partial charge < -0.3 is 10.1 Å². The number of anilines is 1. The van der Waals surface area contributed by atoms with Crippen molar-refractivity contribution in [2.45, 2.75) is 26.3 Å². The molecule has 112 valence electrons. The van der Waals surface area contributed by atoms with Crippen molar-refractivity contribution in [2.75, 3.05) is 11.9 Å². The lowest BCUT2D eigenvalue weighted by atomic mass is 10.1. The van der Waals surface area contributed by atoms with Crippen molar-refractivity contribution in [1.29, 1.82) is 0 Å². The molecule has 0 saturated heterocycles. The quantitative estimate of drug-likeness (QED) is 0.736. The molecule has 2 rings (SSSR count). The van der Waals surface area contributed by atoms with Crippen LogP contribution in [0.5, 0.6) is 5.75 Å². The molecule has 2 aromatic carbocycles. The van der Waals surface area contributed by atoms with E-state index in [0.717, 1.165) is 28.8 Å². The van der Waals surface area contributed by atoms with Crippen LogP contribution in [0.2, 0.25) is 0 Å². The Kier molecular flexibility index (Phi) is 5.62. The summed E-state index contributed by atoms with van der Waals surface area (Å²) in [6, 6.07) is 12.8. The highest BCUT2D eigenvalue weighted by Crippen LogP contribution is 2.25. The van der Waals surface area contributed by atoms with Gasteiger partial charge in [-0.2, -0.15) is 0 Å². The average molecular weight is 352 g/mol. The van der Waals surface area contributed by atoms with E-state index >= 15 is 0 Å². The minimum Gasteiger partial charge on any atom is -0.494 e. The highest BCUT2D eigenvalue weighted by molar-refractivity contribution is 9.10. The van der Waals surface area contributed by atoms with Gasteiger partial charge in [-0.25, -0.2) is 4.39 Å². The third-order valence-electron chi connectivity index (χ3n) is 3.15. The van der Waals surface area contributed by atoms with Crippen LogP contribution in [0.1, 0.15) is 31.9 Å². The standard InChI is InChI=1S/C17H19BrFNO/c1-3-10-21-15-7-4-13(5-8-15)12(2)20-17-11-14(18)6-9-16(17)19/h4-9,11-12,20H,3,10H2,1-2H3. The van der Waals surface area contributed by atoms with Crippen LogP contribution in [0.4, 0.5) is 10.1 Å². The van der Waals surface area contributed by atoms with Gasteiger partial charge in [0.15, 0.2) is 0 Å². The smallest absolute Gasteiger partial charge is 0.146 e. The summed E-state index contributed by atoms with van der Waals surface area (Å²) in [4.78, 5) is 0. The largest absolute Gasteiger partial charge is 0.494 e. The van der Waals surface area contributed by atoms with Gasteiger partial charge >= 0.3 is 0 Å². The molecule has 0 amide bonds. The molecule has 1 N–H and O–H groups in total. The SMILES string of the molecule is CCCOc1ccc(C(C)Nc2cc(Br)ccc2F)cc1. The first kappa shape index (κ1) is 15.8. The van der Waals surface area contributed by atoms with Gasteiger partial charge in [0.1, 0.15) is 11.6 Å². The maximum atomic E-state index is 13.7. The molecular weight excluding hydrogens is 333 g/mol. The van der Waals surface area contributed by atoms with Crippen molar-refractivity contribution in [1.82, 2.24) is 0 Å². The number of hydrogen-bond donors (Lipinski definition) is 1. The number of nitrogens with one attached hydrogen (secondary N) is 1. The van der Waals surface area contributed by atoms with Gasteiger partial charge in [0, 0.05) is 10.5 Å². The van der Waals surface area contributed by atoms with Gasteiger partial charge in [-0.15, -0.1) is 0 Å². The van der Waals surface area contributed by atoms with Crippen LogP contribution in [-0.2, 0) is 0 Å². The van der Waals surface area contributed by atoms with Crippen LogP contribution in [-0.4, -0.2) is 6.61 Å². The zero-order valence-corrected chi connectivity index (χ0v) is 13.8. The van der Waals surface area contributed by atoms with Crippen LogP contribution < -0.4 is 10.1 Å². The normalized spacial score (nSPS) is 12.0. The molecule has 0 aliphatic rings. The summed E-state index contributed by atoms with van der Waals surface area (Å²) in [7, 11) is 0. The molecule has 2 nitrogen and oxygen atoms in total. The lowest BCUT2D eigenvalue weighted by molar-refractivity contribution is 0.317. The molecule has 1 atom stereocenters. The maximum Gasteiger partial charge on any atom is 0.146 e. The number of benzene rings is 2. The Balaban J connectivity index is 2.05. The summed E-state index contributed by atoms with van der Waals surface area (Å²) in [5.74, 6) is 0.606. The molecule has 0 radical (unpaired) electrons. The first-order valence-corrected chi connectivity index (χ1v) is 7.83. The fourth-order valence-corrected chi connectivity index (χ4v) is 2.36. The summed E-state index contributed by atoms with van der Waals surface area (Å²) < 4.78 is 20.2. The Labute approximate surface area is 133 Å². The third kappa shape index (κ3) is 4.46. The first-order chi connectivity index (χ1) is 10.1. The number of rotatable bonds is 6. The van der Waals surface area contributed by atoms with Gasteiger partial charge in [-0.3, -0.25) is 0 Å². The zero-order chi connectivity index (χ0) is 15.2. The van der Waals surface area contributed by atoms with E-state index in [-0.39, 0.29) is 11.9 Å². The molecule has 21 heavy (non-hydrogen) atoms. The molecular formula is C17H19BrFNO. The van der Waals surface area contributed by atoms with Crippen molar-refractivity contribution in [3.05, 3.63) is 58.3 Å². The van der Waals surface area contributed by atoms with Gasteiger partial charge in [-0.05, 0) is 49.2 Å². The minimum absolute atomic E-state index is 0.00836. The lowest BCUT2D eigenvalue weighted by Crippen LogP contribution is -2.08. The predicted molar refractivity (Wildman–Crippen MR) is 88.4 cm³/mol. The van der Waals surface area contributed by atoms with Gasteiger partial charge in [0.05, 0.1) is 12.3 Å². The van der Waals surface area contributed by atoms with Crippen molar-refractivity contribution in [3.8, 4) is 5.75 Å². The zero-order valence-electron chi connectivity index (χ0n) is 12.2. The Morgan fingerprint density at radius 1 is 1.19 bits per heavy atom. The molecule has 2 aromatic rings. The number of ether oxygens (including phenoxy) is 1. The summed E-state index contributed by atoms with van der Waals surface area (Å²) >= 11 is 3.35. The summed E-state index contributed by atoms with van der Waals surface area (Å²) in [5.41, 5.74) is 1.57. The van der Waals surface area contributed by atoms with Gasteiger partial charge in [0.2, 0.25) is 0 Å². The van der Waals surface area contributed by atoms with Crippen LogP contribution >= 0.6 is 15.9 Å². The topological polar surface area (TPSA) is 21.3 Å². The van der Waals surface area contributed by atoms with E-state index < -0.39 is 0 Å². The van der Waals surface area contributed by atoms with E-state index in [2.05, 4.69) is 28.2 Å². The molecule has 0 heterocycles. The van der Waals surface area contributed by atoms with E-state index in [1.165, 1.54) is 6.07 Å². The predicted octanol–water partition coefficient (Wildman–Crippen LogP) is 5.55. The highest BCUT2D eigenvalue weighted by atomic mass is 79.9. The maximum absolute atomic E-state index is 13.7. The molecule has 0 saturated carbocycles. The second-order valence-electron chi connectivity index (χ2n) is 4.91. The molecule has 0 aliphatic heterocycles. The summed E-state index contributed by atoms with van der Waals surface area (Å²) in [6.45, 7) is 4.80. The molecule has 4 heteroatoms. The van der Waals surface area contributed by atoms with Crippen molar-refractivity contribution < 1.29 is 9.13 Å². The Hall–Kier alpha value is -1.55.